The third-order valence-corrected chi connectivity index (χ3v) is 5.14. The van der Waals surface area contributed by atoms with E-state index in [0.29, 0.717) is 5.02 Å². The molecule has 0 aliphatic rings. The van der Waals surface area contributed by atoms with Crippen LogP contribution in [0.1, 0.15) is 18.1 Å². The molecule has 0 bridgehead atoms. The summed E-state index contributed by atoms with van der Waals surface area (Å²) in [4.78, 5) is 17.0. The molecule has 0 atom stereocenters. The predicted octanol–water partition coefficient (Wildman–Crippen LogP) is 6.78. The minimum Gasteiger partial charge on any atom is -0.497 e. The highest BCUT2D eigenvalue weighted by molar-refractivity contribution is 6.30. The lowest BCUT2D eigenvalue weighted by Crippen LogP contribution is -2.40. The second-order valence-electron chi connectivity index (χ2n) is 6.89. The Bertz CT molecular complexity index is 1030. The molecule has 3 aromatic rings. The molecule has 3 aromatic carbocycles. The number of amides is 2. The van der Waals surface area contributed by atoms with Crippen molar-refractivity contribution in [3.63, 3.8) is 0 Å². The van der Waals surface area contributed by atoms with Crippen LogP contribution in [0.4, 0.5) is 16.2 Å². The topological polar surface area (TPSA) is 32.8 Å². The molecule has 0 spiro atoms. The summed E-state index contributed by atoms with van der Waals surface area (Å²) >= 11 is 6.07. The number of nitrogens with zero attached hydrogens (tertiary/aromatic N) is 2. The fourth-order valence-corrected chi connectivity index (χ4v) is 3.28. The molecule has 154 valence electrons. The third-order valence-electron chi connectivity index (χ3n) is 4.88. The van der Waals surface area contributed by atoms with Crippen molar-refractivity contribution in [1.29, 1.82) is 0 Å². The van der Waals surface area contributed by atoms with Crippen molar-refractivity contribution >= 4 is 34.7 Å². The number of hydrogen-bond acceptors (Lipinski definition) is 2. The molecule has 0 radical (unpaired) electrons. The summed E-state index contributed by atoms with van der Waals surface area (Å²) < 4.78 is 5.28. The van der Waals surface area contributed by atoms with Crippen molar-refractivity contribution in [1.82, 2.24) is 0 Å². The van der Waals surface area contributed by atoms with Crippen molar-refractivity contribution < 1.29 is 9.53 Å². The summed E-state index contributed by atoms with van der Waals surface area (Å²) in [6.07, 6.45) is 1.92. The summed E-state index contributed by atoms with van der Waals surface area (Å²) in [6, 6.07) is 22.6. The van der Waals surface area contributed by atoms with Gasteiger partial charge in [-0.05, 0) is 67.9 Å². The average Bonchev–Trinajstić information content (AvgIpc) is 2.78. The standard InChI is InChI=1S/C25H25ClN2O2/c1-5-24(19-8-10-20(26)11-9-19)28(22-14-16-23(30-4)17-15-22)25(29)27(3)21-12-6-18(2)7-13-21/h5-17H,1-4H3/b24-5-. The van der Waals surface area contributed by atoms with Gasteiger partial charge in [0.25, 0.3) is 0 Å². The van der Waals surface area contributed by atoms with Gasteiger partial charge in [-0.3, -0.25) is 9.80 Å². The third kappa shape index (κ3) is 4.66. The van der Waals surface area contributed by atoms with Crippen molar-refractivity contribution in [2.45, 2.75) is 13.8 Å². The first-order chi connectivity index (χ1) is 14.4. The Morgan fingerprint density at radius 3 is 2.00 bits per heavy atom. The van der Waals surface area contributed by atoms with E-state index in [2.05, 4.69) is 0 Å². The van der Waals surface area contributed by atoms with Gasteiger partial charge in [-0.2, -0.15) is 0 Å². The number of hydrogen-bond donors (Lipinski definition) is 0. The van der Waals surface area contributed by atoms with E-state index in [1.165, 1.54) is 0 Å². The molecule has 0 aromatic heterocycles. The van der Waals surface area contributed by atoms with Gasteiger partial charge in [-0.15, -0.1) is 0 Å². The largest absolute Gasteiger partial charge is 0.497 e. The second-order valence-corrected chi connectivity index (χ2v) is 7.33. The number of urea groups is 1. The molecule has 0 unspecified atom stereocenters. The number of ether oxygens (including phenoxy) is 1. The fourth-order valence-electron chi connectivity index (χ4n) is 3.16. The molecular formula is C25H25ClN2O2. The van der Waals surface area contributed by atoms with Crippen LogP contribution >= 0.6 is 11.6 Å². The molecule has 4 nitrogen and oxygen atoms in total. The highest BCUT2D eigenvalue weighted by atomic mass is 35.5. The number of benzene rings is 3. The van der Waals surface area contributed by atoms with Crippen LogP contribution in [-0.2, 0) is 0 Å². The smallest absolute Gasteiger partial charge is 0.333 e. The van der Waals surface area contributed by atoms with Gasteiger partial charge in [-0.25, -0.2) is 4.79 Å². The van der Waals surface area contributed by atoms with Gasteiger partial charge in [0.05, 0.1) is 18.5 Å². The maximum absolute atomic E-state index is 13.7. The summed E-state index contributed by atoms with van der Waals surface area (Å²) in [5, 5.41) is 0.647. The first-order valence-corrected chi connectivity index (χ1v) is 10.0. The van der Waals surface area contributed by atoms with E-state index in [9.17, 15) is 4.79 Å². The molecule has 0 N–H and O–H groups in total. The Morgan fingerprint density at radius 1 is 0.900 bits per heavy atom. The monoisotopic (exact) mass is 420 g/mol. The minimum absolute atomic E-state index is 0.174. The SMILES string of the molecule is C/C=C(/c1ccc(Cl)cc1)N(C(=O)N(C)c1ccc(C)cc1)c1ccc(OC)cc1. The first kappa shape index (κ1) is 21.5. The number of methoxy groups -OCH3 is 1. The molecular weight excluding hydrogens is 396 g/mol. The van der Waals surface area contributed by atoms with Gasteiger partial charge < -0.3 is 4.74 Å². The first-order valence-electron chi connectivity index (χ1n) is 9.65. The molecule has 0 saturated carbocycles. The number of halogens is 1. The lowest BCUT2D eigenvalue weighted by molar-refractivity contribution is 0.255. The maximum Gasteiger partial charge on any atom is 0.333 e. The minimum atomic E-state index is -0.174. The van der Waals surface area contributed by atoms with Gasteiger partial charge in [0.2, 0.25) is 0 Å². The Balaban J connectivity index is 2.06. The number of carbonyl (C=O) groups excluding carboxylic acids is 1. The molecule has 0 aliphatic heterocycles. The molecule has 0 heterocycles. The Labute approximate surface area is 183 Å². The molecule has 30 heavy (non-hydrogen) atoms. The van der Waals surface area contributed by atoms with Crippen LogP contribution < -0.4 is 14.5 Å². The van der Waals surface area contributed by atoms with Crippen LogP contribution in [-0.4, -0.2) is 20.2 Å². The summed E-state index contributed by atoms with van der Waals surface area (Å²) in [7, 11) is 3.40. The molecule has 3 rings (SSSR count). The average molecular weight is 421 g/mol. The van der Waals surface area contributed by atoms with Gasteiger partial charge in [0, 0.05) is 17.8 Å². The highest BCUT2D eigenvalue weighted by Gasteiger charge is 2.25. The highest BCUT2D eigenvalue weighted by Crippen LogP contribution is 2.31. The second kappa shape index (κ2) is 9.51. The van der Waals surface area contributed by atoms with Crippen molar-refractivity contribution in [2.24, 2.45) is 0 Å². The Hall–Kier alpha value is -3.24. The van der Waals surface area contributed by atoms with Crippen molar-refractivity contribution in [2.75, 3.05) is 24.0 Å². The van der Waals surface area contributed by atoms with Crippen LogP contribution in [0.2, 0.25) is 5.02 Å². The lowest BCUT2D eigenvalue weighted by atomic mass is 10.1. The van der Waals surface area contributed by atoms with Crippen LogP contribution in [0, 0.1) is 6.92 Å². The van der Waals surface area contributed by atoms with Gasteiger partial charge in [0.1, 0.15) is 5.75 Å². The predicted molar refractivity (Wildman–Crippen MR) is 126 cm³/mol. The Morgan fingerprint density at radius 2 is 1.47 bits per heavy atom. The maximum atomic E-state index is 13.7. The van der Waals surface area contributed by atoms with E-state index in [-0.39, 0.29) is 6.03 Å². The van der Waals surface area contributed by atoms with E-state index in [1.54, 1.807) is 24.0 Å². The number of carbonyl (C=O) groups is 1. The van der Waals surface area contributed by atoms with Crippen molar-refractivity contribution in [3.8, 4) is 5.75 Å². The normalized spacial score (nSPS) is 11.2. The van der Waals surface area contributed by atoms with Gasteiger partial charge in [0.15, 0.2) is 0 Å². The zero-order valence-electron chi connectivity index (χ0n) is 17.6. The van der Waals surface area contributed by atoms with E-state index < -0.39 is 0 Å². The number of rotatable bonds is 5. The number of allylic oxidation sites excluding steroid dienone is 1. The van der Waals surface area contributed by atoms with Crippen molar-refractivity contribution in [3.05, 3.63) is 95.0 Å². The quantitative estimate of drug-likeness (QED) is 0.455. The van der Waals surface area contributed by atoms with Crippen LogP contribution in [0.5, 0.6) is 5.75 Å². The fraction of sp³-hybridized carbons (Fsp3) is 0.160. The Kier molecular flexibility index (Phi) is 6.80. The number of anilines is 2. The summed E-state index contributed by atoms with van der Waals surface area (Å²) in [5.41, 5.74) is 4.35. The van der Waals surface area contributed by atoms with Crippen LogP contribution in [0.15, 0.2) is 78.9 Å². The van der Waals surface area contributed by atoms with Crippen LogP contribution in [0.3, 0.4) is 0 Å². The molecule has 0 fully saturated rings. The molecule has 0 aliphatic carbocycles. The van der Waals surface area contributed by atoms with E-state index in [1.807, 2.05) is 92.7 Å². The molecule has 0 saturated heterocycles. The van der Waals surface area contributed by atoms with Crippen LogP contribution in [0.25, 0.3) is 5.70 Å². The zero-order chi connectivity index (χ0) is 21.7. The summed E-state index contributed by atoms with van der Waals surface area (Å²) in [5.74, 6) is 0.728. The number of aryl methyl sites for hydroxylation is 1. The van der Waals surface area contributed by atoms with Gasteiger partial charge >= 0.3 is 6.03 Å². The molecule has 5 heteroatoms. The molecule has 2 amide bonds. The van der Waals surface area contributed by atoms with Gasteiger partial charge in [-0.1, -0.05) is 47.5 Å². The summed E-state index contributed by atoms with van der Waals surface area (Å²) in [6.45, 7) is 3.94. The van der Waals surface area contributed by atoms with E-state index >= 15 is 0 Å². The lowest BCUT2D eigenvalue weighted by Gasteiger charge is -2.30. The van der Waals surface area contributed by atoms with E-state index in [0.717, 1.165) is 33.9 Å². The van der Waals surface area contributed by atoms with E-state index in [4.69, 9.17) is 16.3 Å². The zero-order valence-corrected chi connectivity index (χ0v) is 18.4.